The van der Waals surface area contributed by atoms with E-state index in [2.05, 4.69) is 96.9 Å². The molecule has 0 atom stereocenters. The van der Waals surface area contributed by atoms with Crippen LogP contribution in [0.1, 0.15) is 11.1 Å². The average Bonchev–Trinajstić information content (AvgIpc) is 3.27. The maximum absolute atomic E-state index is 4.51. The first-order valence-corrected chi connectivity index (χ1v) is 17.1. The van der Waals surface area contributed by atoms with Crippen molar-refractivity contribution in [3.8, 4) is 44.5 Å². The fraction of sp³-hybridized carbons (Fsp3) is 0.0476. The molecule has 2 aliphatic rings. The third-order valence-electron chi connectivity index (χ3n) is 9.75. The van der Waals surface area contributed by atoms with Crippen molar-refractivity contribution in [1.29, 1.82) is 0 Å². The van der Waals surface area contributed by atoms with E-state index in [1.54, 1.807) is 19.0 Å². The number of allylic oxidation sites excluding steroid dienone is 1. The van der Waals surface area contributed by atoms with Gasteiger partial charge in [0, 0.05) is 78.0 Å². The van der Waals surface area contributed by atoms with Crippen molar-refractivity contribution >= 4 is 56.0 Å². The first-order chi connectivity index (χ1) is 26.8. The Kier molecular flexibility index (Phi) is 7.61. The lowest BCUT2D eigenvalue weighted by molar-refractivity contribution is 1.16. The van der Waals surface area contributed by atoms with Crippen molar-refractivity contribution in [2.24, 2.45) is 9.98 Å². The van der Waals surface area contributed by atoms with Crippen molar-refractivity contribution in [2.75, 3.05) is 13.2 Å². The molecule has 0 saturated carbocycles. The quantitative estimate of drug-likeness (QED) is 0.157. The highest BCUT2D eigenvalue weighted by atomic mass is 15.0. The van der Waals surface area contributed by atoms with Gasteiger partial charge >= 0.3 is 0 Å². The summed E-state index contributed by atoms with van der Waals surface area (Å²) in [6, 6.07) is 13.5. The zero-order chi connectivity index (χ0) is 35.8. The Labute approximate surface area is 308 Å². The number of fused-ring (bicyclic) bond motifs is 6. The van der Waals surface area contributed by atoms with Crippen LogP contribution in [0.25, 0.3) is 98.6 Å². The fourth-order valence-corrected chi connectivity index (χ4v) is 7.35. The summed E-state index contributed by atoms with van der Waals surface area (Å²) in [6.45, 7) is 0.891. The van der Waals surface area contributed by atoms with E-state index in [0.717, 1.165) is 99.1 Å². The Bertz CT molecular complexity index is 2860. The predicted octanol–water partition coefficient (Wildman–Crippen LogP) is 8.49. The van der Waals surface area contributed by atoms with Crippen LogP contribution in [0.2, 0.25) is 0 Å². The van der Waals surface area contributed by atoms with Crippen LogP contribution in [0, 0.1) is 0 Å². The maximum atomic E-state index is 4.51. The van der Waals surface area contributed by atoms with E-state index < -0.39 is 0 Å². The highest BCUT2D eigenvalue weighted by Gasteiger charge is 2.21. The van der Waals surface area contributed by atoms with Crippen LogP contribution in [0.3, 0.4) is 0 Å². The third kappa shape index (κ3) is 5.40. The van der Waals surface area contributed by atoms with Crippen LogP contribution in [0.15, 0.2) is 134 Å². The lowest BCUT2D eigenvalue weighted by atomic mass is 9.83. The molecule has 256 valence electrons. The van der Waals surface area contributed by atoms with Crippen molar-refractivity contribution < 1.29 is 0 Å². The summed E-state index contributed by atoms with van der Waals surface area (Å²) >= 11 is 0. The summed E-state index contributed by atoms with van der Waals surface area (Å²) in [7, 11) is 0. The van der Waals surface area contributed by atoms with Gasteiger partial charge in [-0.25, -0.2) is 39.9 Å². The summed E-state index contributed by atoms with van der Waals surface area (Å²) in [5, 5.41) is 15.3. The number of rotatable bonds is 6. The van der Waals surface area contributed by atoms with E-state index in [0.29, 0.717) is 13.2 Å². The molecule has 12 heteroatoms. The third-order valence-corrected chi connectivity index (χ3v) is 9.75. The lowest BCUT2D eigenvalue weighted by Gasteiger charge is -2.24. The molecule has 8 aromatic rings. The van der Waals surface area contributed by atoms with Gasteiger partial charge in [-0.05, 0) is 126 Å². The molecule has 0 spiro atoms. The van der Waals surface area contributed by atoms with Gasteiger partial charge in [-0.15, -0.1) is 6.34 Å². The Balaban J connectivity index is 1.41. The van der Waals surface area contributed by atoms with Crippen molar-refractivity contribution in [3.05, 3.63) is 145 Å². The largest absolute Gasteiger partial charge is 0.672 e. The van der Waals surface area contributed by atoms with Crippen LogP contribution in [0.5, 0.6) is 0 Å². The molecule has 10 rings (SSSR count). The second-order valence-electron chi connectivity index (χ2n) is 12.8. The highest BCUT2D eigenvalue weighted by Crippen LogP contribution is 2.46. The molecule has 0 saturated heterocycles. The summed E-state index contributed by atoms with van der Waals surface area (Å²) in [6.07, 6.45) is 28.1. The van der Waals surface area contributed by atoms with Gasteiger partial charge in [0.1, 0.15) is 25.3 Å². The summed E-state index contributed by atoms with van der Waals surface area (Å²) < 4.78 is 0. The summed E-state index contributed by atoms with van der Waals surface area (Å²) in [5.74, 6) is 0. The summed E-state index contributed by atoms with van der Waals surface area (Å²) in [4.78, 5) is 44.0. The molecule has 4 aromatic heterocycles. The number of hydrogen-bond acceptors (Lipinski definition) is 10. The highest BCUT2D eigenvalue weighted by molar-refractivity contribution is 6.29. The van der Waals surface area contributed by atoms with Crippen molar-refractivity contribution in [3.63, 3.8) is 0 Å². The minimum absolute atomic E-state index is 0.395. The Hall–Kier alpha value is -7.60. The molecule has 0 amide bonds. The van der Waals surface area contributed by atoms with Crippen LogP contribution >= 0.6 is 0 Å². The molecule has 12 nitrogen and oxygen atoms in total. The number of benzene rings is 4. The van der Waals surface area contributed by atoms with E-state index in [9.17, 15) is 0 Å². The van der Waals surface area contributed by atoms with Gasteiger partial charge in [-0.1, -0.05) is 6.20 Å². The number of hydrogen-bond donors (Lipinski definition) is 0. The van der Waals surface area contributed by atoms with Gasteiger partial charge in [0.05, 0.1) is 0 Å². The number of aliphatic imine (C=N–C) groups is 2. The SMILES string of the molecule is C1=NC=C(c2cc3c(cc2-c2cncnc2)c2cc(C4=C[N-]CN=C4)c(-c4cncnc4)cc2c2cc(-c4cncnc4)c(-c4cncnc4)cc32)C[N-]1. The van der Waals surface area contributed by atoms with Gasteiger partial charge < -0.3 is 20.6 Å². The molecule has 54 heavy (non-hydrogen) atoms. The van der Waals surface area contributed by atoms with Crippen molar-refractivity contribution in [2.45, 2.75) is 0 Å². The van der Waals surface area contributed by atoms with Gasteiger partial charge in [0.2, 0.25) is 0 Å². The molecule has 2 aliphatic heterocycles. The van der Waals surface area contributed by atoms with Gasteiger partial charge in [0.25, 0.3) is 0 Å². The first kappa shape index (κ1) is 31.2. The zero-order valence-corrected chi connectivity index (χ0v) is 28.5. The van der Waals surface area contributed by atoms with Gasteiger partial charge in [-0.2, -0.15) is 6.20 Å². The minimum Gasteiger partial charge on any atom is -0.672 e. The first-order valence-electron chi connectivity index (χ1n) is 17.1. The predicted molar refractivity (Wildman–Crippen MR) is 212 cm³/mol. The van der Waals surface area contributed by atoms with E-state index >= 15 is 0 Å². The molecular weight excluding hydrogens is 673 g/mol. The molecule has 6 heterocycles. The standard InChI is InChI=1S/C42H26N12/c1-31(25-7-43-19-44-8-25)32(26-9-45-20-46-10-26)2-38-37(1)39-3-33(27-11-47-21-48-12-27)34(28-13-49-22-50-14-28)4-41(39)42-6-36(30-17-53-24-54-18-30)35(5-40(38)42)29-15-51-23-52-16-29/h1-17,19,21-24H,18,20H2/q-2. The number of aromatic nitrogens is 8. The maximum Gasteiger partial charge on any atom is 0.115 e. The Morgan fingerprint density at radius 3 is 1.20 bits per heavy atom. The van der Waals surface area contributed by atoms with Crippen LogP contribution in [0.4, 0.5) is 0 Å². The zero-order valence-electron chi connectivity index (χ0n) is 28.5. The van der Waals surface area contributed by atoms with Crippen LogP contribution in [-0.2, 0) is 0 Å². The number of nitrogens with zero attached hydrogens (tertiary/aromatic N) is 12. The van der Waals surface area contributed by atoms with E-state index in [4.69, 9.17) is 0 Å². The lowest BCUT2D eigenvalue weighted by Crippen LogP contribution is -2.00. The summed E-state index contributed by atoms with van der Waals surface area (Å²) in [5.41, 5.74) is 11.2. The fourth-order valence-electron chi connectivity index (χ4n) is 7.35. The van der Waals surface area contributed by atoms with Crippen LogP contribution < -0.4 is 0 Å². The van der Waals surface area contributed by atoms with E-state index in [1.165, 1.54) is 12.7 Å². The average molecular weight is 699 g/mol. The molecule has 0 radical (unpaired) electrons. The Morgan fingerprint density at radius 2 is 0.815 bits per heavy atom. The monoisotopic (exact) mass is 698 g/mol. The Morgan fingerprint density at radius 1 is 0.426 bits per heavy atom. The van der Waals surface area contributed by atoms with Gasteiger partial charge in [0.15, 0.2) is 0 Å². The van der Waals surface area contributed by atoms with Crippen molar-refractivity contribution in [1.82, 2.24) is 39.9 Å². The molecule has 0 aliphatic carbocycles. The smallest absolute Gasteiger partial charge is 0.115 e. The normalized spacial score (nSPS) is 13.8. The molecule has 0 bridgehead atoms. The van der Waals surface area contributed by atoms with E-state index in [-0.39, 0.29) is 0 Å². The van der Waals surface area contributed by atoms with Gasteiger partial charge in [-0.3, -0.25) is 0 Å². The molecule has 0 fully saturated rings. The molecular formula is C42H26N12-2. The van der Waals surface area contributed by atoms with Crippen LogP contribution in [-0.4, -0.2) is 65.6 Å². The molecule has 4 aromatic carbocycles. The molecule has 0 unspecified atom stereocenters. The molecule has 0 N–H and O–H groups in total. The second-order valence-corrected chi connectivity index (χ2v) is 12.8. The van der Waals surface area contributed by atoms with E-state index in [1.807, 2.05) is 68.2 Å². The topological polar surface area (TPSA) is 156 Å². The second kappa shape index (κ2) is 13.2. The minimum atomic E-state index is 0.395.